The van der Waals surface area contributed by atoms with Crippen molar-refractivity contribution in [1.82, 2.24) is 0 Å². The second kappa shape index (κ2) is 8.26. The second-order valence-corrected chi connectivity index (χ2v) is 3.54. The van der Waals surface area contributed by atoms with Crippen LogP contribution in [-0.4, -0.2) is 25.7 Å². The number of esters is 2. The van der Waals surface area contributed by atoms with Gasteiger partial charge in [0.25, 0.3) is 0 Å². The van der Waals surface area contributed by atoms with E-state index >= 15 is 0 Å². The molecule has 0 bridgehead atoms. The highest BCUT2D eigenvalue weighted by molar-refractivity contribution is 5.73. The molecule has 0 saturated carbocycles. The normalized spacial score (nSPS) is 11.9. The summed E-state index contributed by atoms with van der Waals surface area (Å²) in [5.74, 6) is -0.668. The molecule has 0 heterocycles. The van der Waals surface area contributed by atoms with Gasteiger partial charge in [0.1, 0.15) is 6.61 Å². The van der Waals surface area contributed by atoms with Gasteiger partial charge in [-0.25, -0.2) is 0 Å². The predicted molar refractivity (Wildman–Crippen MR) is 56.3 cm³/mol. The minimum Gasteiger partial charge on any atom is -0.469 e. The summed E-state index contributed by atoms with van der Waals surface area (Å²) in [5.41, 5.74) is 0. The second-order valence-electron chi connectivity index (χ2n) is 3.54. The lowest BCUT2D eigenvalue weighted by Crippen LogP contribution is -2.17. The molecule has 88 valence electrons. The van der Waals surface area contributed by atoms with Gasteiger partial charge in [-0.15, -0.1) is 0 Å². The Hall–Kier alpha value is -1.06. The minimum atomic E-state index is -0.357. The van der Waals surface area contributed by atoms with Crippen molar-refractivity contribution in [2.75, 3.05) is 13.7 Å². The monoisotopic (exact) mass is 216 g/mol. The quantitative estimate of drug-likeness (QED) is 0.610. The van der Waals surface area contributed by atoms with Crippen molar-refractivity contribution in [3.05, 3.63) is 0 Å². The van der Waals surface area contributed by atoms with Crippen LogP contribution in [0.5, 0.6) is 0 Å². The average molecular weight is 216 g/mol. The van der Waals surface area contributed by atoms with Crippen molar-refractivity contribution < 1.29 is 19.1 Å². The molecule has 4 nitrogen and oxygen atoms in total. The van der Waals surface area contributed by atoms with Crippen LogP contribution in [0.4, 0.5) is 0 Å². The molecule has 0 aliphatic heterocycles. The third kappa shape index (κ3) is 6.94. The molecule has 0 N–H and O–H groups in total. The fourth-order valence-corrected chi connectivity index (χ4v) is 1.11. The number of unbranched alkanes of at least 4 members (excludes halogenated alkanes) is 1. The van der Waals surface area contributed by atoms with Gasteiger partial charge >= 0.3 is 11.9 Å². The van der Waals surface area contributed by atoms with Crippen LogP contribution in [0, 0.1) is 5.92 Å². The van der Waals surface area contributed by atoms with Gasteiger partial charge in [-0.2, -0.15) is 0 Å². The molecule has 0 fully saturated rings. The van der Waals surface area contributed by atoms with Crippen LogP contribution < -0.4 is 0 Å². The van der Waals surface area contributed by atoms with E-state index < -0.39 is 0 Å². The van der Waals surface area contributed by atoms with Crippen molar-refractivity contribution >= 4 is 11.9 Å². The summed E-state index contributed by atoms with van der Waals surface area (Å²) in [6.07, 6.45) is 3.06. The van der Waals surface area contributed by atoms with E-state index in [4.69, 9.17) is 4.74 Å². The predicted octanol–water partition coefficient (Wildman–Crippen LogP) is 1.92. The van der Waals surface area contributed by atoms with Crippen LogP contribution in [0.1, 0.15) is 39.5 Å². The van der Waals surface area contributed by atoms with Gasteiger partial charge < -0.3 is 9.47 Å². The molecule has 0 aromatic heterocycles. The first kappa shape index (κ1) is 13.9. The maximum absolute atomic E-state index is 11.3. The zero-order valence-corrected chi connectivity index (χ0v) is 9.75. The summed E-state index contributed by atoms with van der Waals surface area (Å²) < 4.78 is 9.36. The molecule has 0 saturated heterocycles. The lowest BCUT2D eigenvalue weighted by atomic mass is 10.1. The van der Waals surface area contributed by atoms with Crippen molar-refractivity contribution in [3.63, 3.8) is 0 Å². The average Bonchev–Trinajstić information content (AvgIpc) is 2.25. The van der Waals surface area contributed by atoms with Crippen molar-refractivity contribution in [2.24, 2.45) is 5.92 Å². The lowest BCUT2D eigenvalue weighted by Gasteiger charge is -2.10. The number of methoxy groups -OCH3 is 1. The SMILES string of the molecule is CCCCC(C)C(=O)OCCC(=O)OC. The third-order valence-corrected chi connectivity index (χ3v) is 2.17. The molecule has 0 aromatic rings. The largest absolute Gasteiger partial charge is 0.469 e. The molecule has 0 aliphatic carbocycles. The Morgan fingerprint density at radius 2 is 2.00 bits per heavy atom. The van der Waals surface area contributed by atoms with Crippen LogP contribution in [0.3, 0.4) is 0 Å². The van der Waals surface area contributed by atoms with Crippen LogP contribution in [0.25, 0.3) is 0 Å². The molecule has 0 aromatic carbocycles. The number of carbonyl (C=O) groups is 2. The van der Waals surface area contributed by atoms with E-state index in [1.54, 1.807) is 0 Å². The molecule has 0 amide bonds. The maximum Gasteiger partial charge on any atom is 0.308 e. The van der Waals surface area contributed by atoms with E-state index in [2.05, 4.69) is 11.7 Å². The van der Waals surface area contributed by atoms with Crippen molar-refractivity contribution in [3.8, 4) is 0 Å². The van der Waals surface area contributed by atoms with E-state index in [0.717, 1.165) is 19.3 Å². The molecular formula is C11H20O4. The van der Waals surface area contributed by atoms with E-state index in [1.165, 1.54) is 7.11 Å². The van der Waals surface area contributed by atoms with Crippen LogP contribution in [-0.2, 0) is 19.1 Å². The van der Waals surface area contributed by atoms with Crippen molar-refractivity contribution in [2.45, 2.75) is 39.5 Å². The van der Waals surface area contributed by atoms with Gasteiger partial charge in [0.05, 0.1) is 19.4 Å². The minimum absolute atomic E-state index is 0.0809. The Bertz CT molecular complexity index is 201. The van der Waals surface area contributed by atoms with Gasteiger partial charge in [0, 0.05) is 0 Å². The van der Waals surface area contributed by atoms with Crippen LogP contribution in [0.2, 0.25) is 0 Å². The molecule has 0 radical (unpaired) electrons. The topological polar surface area (TPSA) is 52.6 Å². The number of rotatable bonds is 7. The molecule has 0 spiro atoms. The smallest absolute Gasteiger partial charge is 0.308 e. The van der Waals surface area contributed by atoms with Gasteiger partial charge in [-0.05, 0) is 6.42 Å². The van der Waals surface area contributed by atoms with Gasteiger partial charge in [0.2, 0.25) is 0 Å². The summed E-state index contributed by atoms with van der Waals surface area (Å²) >= 11 is 0. The first-order valence-corrected chi connectivity index (χ1v) is 5.35. The highest BCUT2D eigenvalue weighted by atomic mass is 16.5. The van der Waals surface area contributed by atoms with E-state index in [0.29, 0.717) is 0 Å². The van der Waals surface area contributed by atoms with E-state index in [9.17, 15) is 9.59 Å². The fraction of sp³-hybridized carbons (Fsp3) is 0.818. The molecule has 0 aliphatic rings. The molecular weight excluding hydrogens is 196 g/mol. The van der Waals surface area contributed by atoms with Gasteiger partial charge in [-0.1, -0.05) is 26.7 Å². The third-order valence-electron chi connectivity index (χ3n) is 2.17. The lowest BCUT2D eigenvalue weighted by molar-refractivity contribution is -0.151. The summed E-state index contributed by atoms with van der Waals surface area (Å²) in [5, 5.41) is 0. The van der Waals surface area contributed by atoms with E-state index in [1.807, 2.05) is 6.92 Å². The Balaban J connectivity index is 3.59. The zero-order chi connectivity index (χ0) is 11.7. The molecule has 15 heavy (non-hydrogen) atoms. The van der Waals surface area contributed by atoms with E-state index in [-0.39, 0.29) is 30.9 Å². The molecule has 4 heteroatoms. The Morgan fingerprint density at radius 1 is 1.33 bits per heavy atom. The van der Waals surface area contributed by atoms with Crippen LogP contribution in [0.15, 0.2) is 0 Å². The highest BCUT2D eigenvalue weighted by Crippen LogP contribution is 2.09. The Labute approximate surface area is 90.9 Å². The first-order chi connectivity index (χ1) is 7.11. The summed E-state index contributed by atoms with van der Waals surface area (Å²) in [6.45, 7) is 4.04. The van der Waals surface area contributed by atoms with Crippen LogP contribution >= 0.6 is 0 Å². The Morgan fingerprint density at radius 3 is 2.53 bits per heavy atom. The molecule has 0 rings (SSSR count). The molecule has 1 unspecified atom stereocenters. The summed E-state index contributed by atoms with van der Waals surface area (Å²) in [7, 11) is 1.31. The molecule has 1 atom stereocenters. The van der Waals surface area contributed by atoms with Gasteiger partial charge in [0.15, 0.2) is 0 Å². The number of hydrogen-bond acceptors (Lipinski definition) is 4. The fourth-order valence-electron chi connectivity index (χ4n) is 1.11. The Kier molecular flexibility index (Phi) is 7.68. The number of ether oxygens (including phenoxy) is 2. The van der Waals surface area contributed by atoms with Crippen molar-refractivity contribution in [1.29, 1.82) is 0 Å². The standard InChI is InChI=1S/C11H20O4/c1-4-5-6-9(2)11(13)15-8-7-10(12)14-3/h9H,4-8H2,1-3H3. The zero-order valence-electron chi connectivity index (χ0n) is 9.75. The first-order valence-electron chi connectivity index (χ1n) is 5.35. The summed E-state index contributed by atoms with van der Waals surface area (Å²) in [4.78, 5) is 22.1. The maximum atomic E-state index is 11.3. The van der Waals surface area contributed by atoms with Gasteiger partial charge in [-0.3, -0.25) is 9.59 Å². The highest BCUT2D eigenvalue weighted by Gasteiger charge is 2.14. The number of hydrogen-bond donors (Lipinski definition) is 0. The summed E-state index contributed by atoms with van der Waals surface area (Å²) in [6, 6.07) is 0. The number of carbonyl (C=O) groups excluding carboxylic acids is 2.